The van der Waals surface area contributed by atoms with Crippen molar-refractivity contribution in [1.29, 1.82) is 0 Å². The van der Waals surface area contributed by atoms with Gasteiger partial charge >= 0.3 is 6.18 Å². The first-order valence-electron chi connectivity index (χ1n) is 8.65. The molecule has 0 spiro atoms. The first-order valence-corrected chi connectivity index (χ1v) is 9.53. The van der Waals surface area contributed by atoms with Crippen LogP contribution in [0.1, 0.15) is 38.4 Å². The monoisotopic (exact) mass is 383 g/mol. The lowest BCUT2D eigenvalue weighted by molar-refractivity contribution is -0.145. The molecule has 1 aromatic heterocycles. The zero-order valence-electron chi connectivity index (χ0n) is 14.4. The van der Waals surface area contributed by atoms with Gasteiger partial charge in [0.15, 0.2) is 0 Å². The number of fused-ring (bicyclic) bond motifs is 1. The SMILES string of the molecule is C[C@H](Sc1nc(C(F)(F)F)nc2ccccc12)C(=O)N1CCCCCC1. The fraction of sp³-hybridized carbons (Fsp3) is 0.500. The highest BCUT2D eigenvalue weighted by atomic mass is 32.2. The van der Waals surface area contributed by atoms with E-state index >= 15 is 0 Å². The van der Waals surface area contributed by atoms with E-state index in [0.717, 1.165) is 37.4 Å². The Morgan fingerprint density at radius 1 is 1.12 bits per heavy atom. The van der Waals surface area contributed by atoms with Crippen LogP contribution in [0.2, 0.25) is 0 Å². The molecule has 0 aliphatic carbocycles. The Bertz CT molecular complexity index is 789. The third-order valence-corrected chi connectivity index (χ3v) is 5.47. The Kier molecular flexibility index (Phi) is 5.70. The summed E-state index contributed by atoms with van der Waals surface area (Å²) in [4.78, 5) is 21.9. The number of nitrogens with zero attached hydrogens (tertiary/aromatic N) is 3. The smallest absolute Gasteiger partial charge is 0.342 e. The fourth-order valence-corrected chi connectivity index (χ4v) is 4.05. The quantitative estimate of drug-likeness (QED) is 0.577. The van der Waals surface area contributed by atoms with Crippen LogP contribution in [0.15, 0.2) is 29.3 Å². The van der Waals surface area contributed by atoms with Crippen LogP contribution in [-0.4, -0.2) is 39.1 Å². The van der Waals surface area contributed by atoms with Crippen molar-refractivity contribution in [1.82, 2.24) is 14.9 Å². The van der Waals surface area contributed by atoms with Crippen LogP contribution in [0.25, 0.3) is 10.9 Å². The third-order valence-electron chi connectivity index (χ3n) is 4.38. The third kappa shape index (κ3) is 4.28. The van der Waals surface area contributed by atoms with Gasteiger partial charge in [-0.25, -0.2) is 9.97 Å². The molecular weight excluding hydrogens is 363 g/mol. The van der Waals surface area contributed by atoms with Crippen LogP contribution >= 0.6 is 11.8 Å². The summed E-state index contributed by atoms with van der Waals surface area (Å²) in [6.07, 6.45) is -0.472. The van der Waals surface area contributed by atoms with Crippen LogP contribution in [0.3, 0.4) is 0 Å². The zero-order valence-corrected chi connectivity index (χ0v) is 15.2. The molecule has 1 atom stereocenters. The standard InChI is InChI=1S/C18H20F3N3OS/c1-12(16(25)24-10-6-2-3-7-11-24)26-15-13-8-4-5-9-14(13)22-17(23-15)18(19,20)21/h4-5,8-9,12H,2-3,6-7,10-11H2,1H3/t12-/m0/s1. The lowest BCUT2D eigenvalue weighted by Gasteiger charge is -2.24. The van der Waals surface area contributed by atoms with Gasteiger partial charge in [-0.05, 0) is 25.8 Å². The average Bonchev–Trinajstić information content (AvgIpc) is 2.89. The van der Waals surface area contributed by atoms with Gasteiger partial charge in [0, 0.05) is 18.5 Å². The number of carbonyl (C=O) groups excluding carboxylic acids is 1. The van der Waals surface area contributed by atoms with Gasteiger partial charge in [-0.1, -0.05) is 42.8 Å². The Labute approximate surface area is 154 Å². The van der Waals surface area contributed by atoms with Crippen molar-refractivity contribution >= 4 is 28.6 Å². The number of hydrogen-bond acceptors (Lipinski definition) is 4. The molecule has 140 valence electrons. The number of hydrogen-bond donors (Lipinski definition) is 0. The van der Waals surface area contributed by atoms with Gasteiger partial charge in [-0.3, -0.25) is 4.79 Å². The lowest BCUT2D eigenvalue weighted by Crippen LogP contribution is -2.37. The van der Waals surface area contributed by atoms with Crippen LogP contribution < -0.4 is 0 Å². The Morgan fingerprint density at radius 2 is 1.77 bits per heavy atom. The lowest BCUT2D eigenvalue weighted by atomic mass is 10.2. The molecule has 1 aliphatic rings. The molecule has 0 saturated carbocycles. The molecule has 1 fully saturated rings. The summed E-state index contributed by atoms with van der Waals surface area (Å²) >= 11 is 1.07. The second-order valence-electron chi connectivity index (χ2n) is 6.37. The molecule has 3 rings (SSSR count). The van der Waals surface area contributed by atoms with E-state index in [-0.39, 0.29) is 16.4 Å². The molecule has 0 unspecified atom stereocenters. The summed E-state index contributed by atoms with van der Waals surface area (Å²) in [5.74, 6) is -1.22. The second kappa shape index (κ2) is 7.82. The molecule has 1 amide bonds. The average molecular weight is 383 g/mol. The maximum Gasteiger partial charge on any atom is 0.451 e. The van der Waals surface area contributed by atoms with Crippen molar-refractivity contribution < 1.29 is 18.0 Å². The largest absolute Gasteiger partial charge is 0.451 e. The van der Waals surface area contributed by atoms with Crippen LogP contribution in [0, 0.1) is 0 Å². The van der Waals surface area contributed by atoms with Gasteiger partial charge in [0.1, 0.15) is 5.03 Å². The van der Waals surface area contributed by atoms with Gasteiger partial charge in [0.25, 0.3) is 0 Å². The normalized spacial score (nSPS) is 17.2. The summed E-state index contributed by atoms with van der Waals surface area (Å²) in [6, 6.07) is 6.57. The number of amides is 1. The van der Waals surface area contributed by atoms with Crippen LogP contribution in [-0.2, 0) is 11.0 Å². The van der Waals surface area contributed by atoms with Gasteiger partial charge in [0.2, 0.25) is 11.7 Å². The van der Waals surface area contributed by atoms with E-state index < -0.39 is 17.3 Å². The highest BCUT2D eigenvalue weighted by molar-refractivity contribution is 8.00. The van der Waals surface area contributed by atoms with E-state index in [2.05, 4.69) is 9.97 Å². The number of thioether (sulfide) groups is 1. The van der Waals surface area contributed by atoms with Crippen molar-refractivity contribution in [2.24, 2.45) is 0 Å². The highest BCUT2D eigenvalue weighted by Crippen LogP contribution is 2.34. The minimum absolute atomic E-state index is 0.0480. The predicted octanol–water partition coefficient (Wildman–Crippen LogP) is 4.53. The summed E-state index contributed by atoms with van der Waals surface area (Å²) in [7, 11) is 0. The minimum Gasteiger partial charge on any atom is -0.342 e. The van der Waals surface area contributed by atoms with Gasteiger partial charge in [0.05, 0.1) is 10.8 Å². The molecule has 0 radical (unpaired) electrons. The van der Waals surface area contributed by atoms with E-state index in [9.17, 15) is 18.0 Å². The van der Waals surface area contributed by atoms with Crippen molar-refractivity contribution in [3.8, 4) is 0 Å². The highest BCUT2D eigenvalue weighted by Gasteiger charge is 2.36. The maximum atomic E-state index is 13.1. The molecule has 1 saturated heterocycles. The number of rotatable bonds is 3. The Morgan fingerprint density at radius 3 is 2.42 bits per heavy atom. The fourth-order valence-electron chi connectivity index (χ4n) is 3.03. The van der Waals surface area contributed by atoms with E-state index in [1.165, 1.54) is 6.07 Å². The number of para-hydroxylation sites is 1. The van der Waals surface area contributed by atoms with Crippen LogP contribution in [0.4, 0.5) is 13.2 Å². The first kappa shape index (κ1) is 18.9. The number of likely N-dealkylation sites (tertiary alicyclic amines) is 1. The molecule has 4 nitrogen and oxygen atoms in total. The van der Waals surface area contributed by atoms with Crippen molar-refractivity contribution in [2.45, 2.75) is 49.1 Å². The number of alkyl halides is 3. The van der Waals surface area contributed by atoms with Crippen LogP contribution in [0.5, 0.6) is 0 Å². The zero-order chi connectivity index (χ0) is 18.7. The van der Waals surface area contributed by atoms with E-state index in [0.29, 0.717) is 18.5 Å². The van der Waals surface area contributed by atoms with E-state index in [4.69, 9.17) is 0 Å². The van der Waals surface area contributed by atoms with Gasteiger partial charge in [-0.2, -0.15) is 13.2 Å². The minimum atomic E-state index is -4.63. The topological polar surface area (TPSA) is 46.1 Å². The molecule has 0 bridgehead atoms. The number of benzene rings is 1. The number of carbonyl (C=O) groups is 1. The number of aromatic nitrogens is 2. The first-order chi connectivity index (χ1) is 12.4. The molecule has 26 heavy (non-hydrogen) atoms. The van der Waals surface area contributed by atoms with E-state index in [1.54, 1.807) is 25.1 Å². The Hall–Kier alpha value is -1.83. The van der Waals surface area contributed by atoms with Gasteiger partial charge in [-0.15, -0.1) is 0 Å². The van der Waals surface area contributed by atoms with Crippen molar-refractivity contribution in [3.63, 3.8) is 0 Å². The van der Waals surface area contributed by atoms with Gasteiger partial charge < -0.3 is 4.90 Å². The molecule has 2 heterocycles. The second-order valence-corrected chi connectivity index (χ2v) is 7.70. The van der Waals surface area contributed by atoms with Crippen molar-refractivity contribution in [3.05, 3.63) is 30.1 Å². The summed E-state index contributed by atoms with van der Waals surface area (Å²) in [5.41, 5.74) is 0.228. The summed E-state index contributed by atoms with van der Waals surface area (Å²) < 4.78 is 39.4. The predicted molar refractivity (Wildman–Crippen MR) is 94.9 cm³/mol. The van der Waals surface area contributed by atoms with Crippen molar-refractivity contribution in [2.75, 3.05) is 13.1 Å². The molecular formula is C18H20F3N3OS. The molecule has 0 N–H and O–H groups in total. The Balaban J connectivity index is 1.88. The number of halogens is 3. The molecule has 1 aromatic carbocycles. The molecule has 2 aromatic rings. The summed E-state index contributed by atoms with van der Waals surface area (Å²) in [6.45, 7) is 3.14. The summed E-state index contributed by atoms with van der Waals surface area (Å²) in [5, 5.41) is 0.215. The molecule has 1 aliphatic heterocycles. The molecule has 8 heteroatoms. The van der Waals surface area contributed by atoms with E-state index in [1.807, 2.05) is 4.90 Å². The maximum absolute atomic E-state index is 13.1.